The van der Waals surface area contributed by atoms with Crippen LogP contribution in [-0.2, 0) is 4.74 Å². The van der Waals surface area contributed by atoms with Gasteiger partial charge in [-0.2, -0.15) is 11.8 Å². The van der Waals surface area contributed by atoms with Crippen molar-refractivity contribution in [1.82, 2.24) is 9.97 Å². The van der Waals surface area contributed by atoms with E-state index in [2.05, 4.69) is 15.3 Å². The van der Waals surface area contributed by atoms with Crippen molar-refractivity contribution in [2.24, 2.45) is 0 Å². The largest absolute Gasteiger partial charge is 0.476 e. The smallest absolute Gasteiger partial charge is 0.356 e. The first-order valence-electron chi connectivity index (χ1n) is 6.70. The minimum absolute atomic E-state index is 0.0228. The van der Waals surface area contributed by atoms with Crippen LogP contribution in [0.3, 0.4) is 0 Å². The van der Waals surface area contributed by atoms with Crippen LogP contribution in [0.15, 0.2) is 12.4 Å². The highest BCUT2D eigenvalue weighted by atomic mass is 32.2. The van der Waals surface area contributed by atoms with Gasteiger partial charge in [-0.25, -0.2) is 14.8 Å². The molecular formula is C13H17N3O3S. The van der Waals surface area contributed by atoms with E-state index in [1.54, 1.807) is 0 Å². The number of carboxylic acids is 1. The van der Waals surface area contributed by atoms with Gasteiger partial charge in [0.15, 0.2) is 5.69 Å². The summed E-state index contributed by atoms with van der Waals surface area (Å²) in [5.74, 6) is 1.80. The maximum absolute atomic E-state index is 10.7. The van der Waals surface area contributed by atoms with E-state index >= 15 is 0 Å². The fourth-order valence-electron chi connectivity index (χ4n) is 2.74. The Kier molecular flexibility index (Phi) is 3.80. The zero-order valence-corrected chi connectivity index (χ0v) is 11.9. The number of hydrogen-bond acceptors (Lipinski definition) is 6. The molecule has 0 aliphatic carbocycles. The van der Waals surface area contributed by atoms with Crippen LogP contribution in [0.2, 0.25) is 0 Å². The molecule has 2 N–H and O–H groups in total. The predicted octanol–water partition coefficient (Wildman–Crippen LogP) is 1.64. The number of thioether (sulfide) groups is 1. The molecule has 3 rings (SSSR count). The van der Waals surface area contributed by atoms with Gasteiger partial charge in [0, 0.05) is 18.4 Å². The monoisotopic (exact) mass is 295 g/mol. The van der Waals surface area contributed by atoms with E-state index in [-0.39, 0.29) is 11.3 Å². The Morgan fingerprint density at radius 1 is 1.50 bits per heavy atom. The summed E-state index contributed by atoms with van der Waals surface area (Å²) in [7, 11) is 0. The standard InChI is InChI=1S/C13H17N3O3S/c17-12(18)10-6-15-11(7-14-10)16-9-1-3-19-13(5-9)2-4-20-8-13/h6-7,9H,1-5,8H2,(H,15,16)(H,17,18). The first-order valence-corrected chi connectivity index (χ1v) is 7.86. The Bertz CT molecular complexity index is 488. The van der Waals surface area contributed by atoms with Gasteiger partial charge in [-0.15, -0.1) is 0 Å². The summed E-state index contributed by atoms with van der Waals surface area (Å²) in [6.07, 6.45) is 5.79. The number of carbonyl (C=O) groups is 1. The molecule has 0 amide bonds. The van der Waals surface area contributed by atoms with Gasteiger partial charge in [-0.3, -0.25) is 0 Å². The lowest BCUT2D eigenvalue weighted by Crippen LogP contribution is -2.44. The molecule has 2 atom stereocenters. The fourth-order valence-corrected chi connectivity index (χ4v) is 4.11. The Hall–Kier alpha value is -1.34. The lowest BCUT2D eigenvalue weighted by Gasteiger charge is -2.38. The molecule has 108 valence electrons. The summed E-state index contributed by atoms with van der Waals surface area (Å²) in [4.78, 5) is 18.7. The SMILES string of the molecule is O=C(O)c1cnc(NC2CCOC3(CCSC3)C2)cn1. The highest BCUT2D eigenvalue weighted by molar-refractivity contribution is 7.99. The molecular weight excluding hydrogens is 278 g/mol. The Balaban J connectivity index is 1.63. The van der Waals surface area contributed by atoms with Gasteiger partial charge in [0.25, 0.3) is 0 Å². The topological polar surface area (TPSA) is 84.3 Å². The molecule has 0 saturated carbocycles. The van der Waals surface area contributed by atoms with Crippen molar-refractivity contribution in [2.45, 2.75) is 30.9 Å². The van der Waals surface area contributed by atoms with E-state index in [9.17, 15) is 4.79 Å². The van der Waals surface area contributed by atoms with Crippen LogP contribution in [0.5, 0.6) is 0 Å². The molecule has 1 aromatic heterocycles. The third-order valence-corrected chi connectivity index (χ3v) is 5.01. The van der Waals surface area contributed by atoms with Crippen LogP contribution in [0.4, 0.5) is 5.82 Å². The summed E-state index contributed by atoms with van der Waals surface area (Å²) in [6.45, 7) is 0.763. The summed E-state index contributed by atoms with van der Waals surface area (Å²) >= 11 is 1.95. The molecule has 6 nitrogen and oxygen atoms in total. The Morgan fingerprint density at radius 3 is 3.05 bits per heavy atom. The number of nitrogens with zero attached hydrogens (tertiary/aromatic N) is 2. The van der Waals surface area contributed by atoms with E-state index in [4.69, 9.17) is 9.84 Å². The molecule has 2 aliphatic rings. The zero-order chi connectivity index (χ0) is 14.0. The lowest BCUT2D eigenvalue weighted by atomic mass is 9.90. The van der Waals surface area contributed by atoms with Crippen molar-refractivity contribution in [3.05, 3.63) is 18.1 Å². The van der Waals surface area contributed by atoms with Gasteiger partial charge in [0.05, 0.1) is 18.0 Å². The van der Waals surface area contributed by atoms with E-state index in [0.29, 0.717) is 11.9 Å². The number of nitrogens with one attached hydrogen (secondary N) is 1. The summed E-state index contributed by atoms with van der Waals surface area (Å²) in [5, 5.41) is 12.1. The van der Waals surface area contributed by atoms with Crippen molar-refractivity contribution in [3.63, 3.8) is 0 Å². The lowest BCUT2D eigenvalue weighted by molar-refractivity contribution is -0.0628. The molecule has 7 heteroatoms. The first kappa shape index (κ1) is 13.6. The second-order valence-corrected chi connectivity index (χ2v) is 6.37. The van der Waals surface area contributed by atoms with Crippen molar-refractivity contribution in [3.8, 4) is 0 Å². The molecule has 3 heterocycles. The van der Waals surface area contributed by atoms with Crippen LogP contribution in [0.25, 0.3) is 0 Å². The van der Waals surface area contributed by atoms with Crippen LogP contribution in [-0.4, -0.2) is 50.8 Å². The van der Waals surface area contributed by atoms with Crippen molar-refractivity contribution in [1.29, 1.82) is 0 Å². The number of rotatable bonds is 3. The number of hydrogen-bond donors (Lipinski definition) is 2. The molecule has 2 saturated heterocycles. The van der Waals surface area contributed by atoms with Gasteiger partial charge in [0.1, 0.15) is 5.82 Å². The van der Waals surface area contributed by atoms with Gasteiger partial charge in [-0.05, 0) is 25.0 Å². The highest BCUT2D eigenvalue weighted by Crippen LogP contribution is 2.38. The molecule has 2 aliphatic heterocycles. The number of carboxylic acid groups (broad SMARTS) is 1. The Labute approximate surface area is 121 Å². The van der Waals surface area contributed by atoms with Crippen molar-refractivity contribution in [2.75, 3.05) is 23.4 Å². The van der Waals surface area contributed by atoms with Crippen LogP contribution >= 0.6 is 11.8 Å². The number of aromatic nitrogens is 2. The van der Waals surface area contributed by atoms with Gasteiger partial charge >= 0.3 is 5.97 Å². The molecule has 20 heavy (non-hydrogen) atoms. The molecule has 0 aromatic carbocycles. The van der Waals surface area contributed by atoms with Gasteiger partial charge < -0.3 is 15.2 Å². The second kappa shape index (κ2) is 5.57. The maximum Gasteiger partial charge on any atom is 0.356 e. The molecule has 2 fully saturated rings. The summed E-state index contributed by atoms with van der Waals surface area (Å²) in [5.41, 5.74) is -0.0131. The highest BCUT2D eigenvalue weighted by Gasteiger charge is 2.40. The first-order chi connectivity index (χ1) is 9.67. The molecule has 2 unspecified atom stereocenters. The predicted molar refractivity (Wildman–Crippen MR) is 76.3 cm³/mol. The van der Waals surface area contributed by atoms with Crippen LogP contribution < -0.4 is 5.32 Å². The third-order valence-electron chi connectivity index (χ3n) is 3.78. The second-order valence-electron chi connectivity index (χ2n) is 5.26. The van der Waals surface area contributed by atoms with E-state index in [1.807, 2.05) is 11.8 Å². The number of anilines is 1. The quantitative estimate of drug-likeness (QED) is 0.877. The van der Waals surface area contributed by atoms with Crippen molar-refractivity contribution < 1.29 is 14.6 Å². The summed E-state index contributed by atoms with van der Waals surface area (Å²) < 4.78 is 5.97. The Morgan fingerprint density at radius 2 is 2.40 bits per heavy atom. The minimum atomic E-state index is -1.06. The van der Waals surface area contributed by atoms with Gasteiger partial charge in [0.2, 0.25) is 0 Å². The zero-order valence-electron chi connectivity index (χ0n) is 11.0. The van der Waals surface area contributed by atoms with Crippen LogP contribution in [0, 0.1) is 0 Å². The third kappa shape index (κ3) is 2.88. The minimum Gasteiger partial charge on any atom is -0.476 e. The summed E-state index contributed by atoms with van der Waals surface area (Å²) in [6, 6.07) is 0.312. The van der Waals surface area contributed by atoms with E-state index in [0.717, 1.165) is 31.6 Å². The average Bonchev–Trinajstić information content (AvgIpc) is 2.87. The van der Waals surface area contributed by atoms with E-state index in [1.165, 1.54) is 18.1 Å². The average molecular weight is 295 g/mol. The fraction of sp³-hybridized carbons (Fsp3) is 0.615. The van der Waals surface area contributed by atoms with Gasteiger partial charge in [-0.1, -0.05) is 0 Å². The normalized spacial score (nSPS) is 29.5. The van der Waals surface area contributed by atoms with E-state index < -0.39 is 5.97 Å². The molecule has 1 aromatic rings. The number of aromatic carboxylic acids is 1. The maximum atomic E-state index is 10.7. The van der Waals surface area contributed by atoms with Crippen molar-refractivity contribution >= 4 is 23.5 Å². The van der Waals surface area contributed by atoms with Crippen LogP contribution in [0.1, 0.15) is 29.8 Å². The molecule has 0 radical (unpaired) electrons. The number of ether oxygens (including phenoxy) is 1. The molecule has 0 bridgehead atoms. The molecule has 1 spiro atoms.